The number of nitrogens with one attached hydrogen (secondary N) is 1. The van der Waals surface area contributed by atoms with E-state index >= 15 is 0 Å². The number of hydrogen-bond acceptors (Lipinski definition) is 4. The van der Waals surface area contributed by atoms with E-state index in [0.717, 1.165) is 6.42 Å². The van der Waals surface area contributed by atoms with Crippen molar-refractivity contribution in [2.75, 3.05) is 5.32 Å². The molecule has 1 heterocycles. The van der Waals surface area contributed by atoms with Crippen LogP contribution in [0.15, 0.2) is 51.7 Å². The zero-order chi connectivity index (χ0) is 18.8. The highest BCUT2D eigenvalue weighted by atomic mass is 16.4. The zero-order valence-corrected chi connectivity index (χ0v) is 14.9. The van der Waals surface area contributed by atoms with Crippen LogP contribution in [0.1, 0.15) is 42.7 Å². The number of amides is 1. The summed E-state index contributed by atoms with van der Waals surface area (Å²) in [6, 6.07) is 11.5. The van der Waals surface area contributed by atoms with Crippen LogP contribution in [0.3, 0.4) is 0 Å². The van der Waals surface area contributed by atoms with Gasteiger partial charge in [0.15, 0.2) is 11.4 Å². The van der Waals surface area contributed by atoms with Gasteiger partial charge in [-0.25, -0.2) is 4.79 Å². The molecule has 0 aliphatic heterocycles. The lowest BCUT2D eigenvalue weighted by molar-refractivity contribution is -0.118. The molecule has 1 amide bonds. The van der Waals surface area contributed by atoms with E-state index in [1.807, 2.05) is 24.3 Å². The van der Waals surface area contributed by atoms with Crippen LogP contribution in [-0.2, 0) is 11.2 Å². The third-order valence-corrected chi connectivity index (χ3v) is 4.42. The van der Waals surface area contributed by atoms with Gasteiger partial charge in [-0.1, -0.05) is 19.1 Å². The first kappa shape index (κ1) is 17.7. The van der Waals surface area contributed by atoms with E-state index in [9.17, 15) is 14.4 Å². The number of rotatable bonds is 5. The topological polar surface area (TPSA) is 81.3 Å². The smallest absolute Gasteiger partial charge is 0.408 e. The van der Waals surface area contributed by atoms with Crippen molar-refractivity contribution < 1.29 is 14.0 Å². The number of Topliss-reactive ketones (excluding diaryl/α,β-unsaturated/α-hetero) is 1. The first-order valence-electron chi connectivity index (χ1n) is 8.46. The highest BCUT2D eigenvalue weighted by Crippen LogP contribution is 2.20. The Kier molecular flexibility index (Phi) is 4.75. The van der Waals surface area contributed by atoms with Gasteiger partial charge in [0.2, 0.25) is 5.91 Å². The third kappa shape index (κ3) is 3.31. The van der Waals surface area contributed by atoms with Crippen molar-refractivity contribution in [2.45, 2.75) is 33.2 Å². The van der Waals surface area contributed by atoms with Crippen LogP contribution in [0.25, 0.3) is 11.1 Å². The Labute approximate surface area is 150 Å². The van der Waals surface area contributed by atoms with Gasteiger partial charge in [-0.05, 0) is 56.2 Å². The number of nitrogens with zero attached hydrogens (tertiary/aromatic N) is 1. The highest BCUT2D eigenvalue weighted by Gasteiger charge is 2.22. The van der Waals surface area contributed by atoms with Crippen LogP contribution in [-0.4, -0.2) is 16.3 Å². The molecular weight excluding hydrogens is 332 g/mol. The molecule has 3 aromatic rings. The summed E-state index contributed by atoms with van der Waals surface area (Å²) in [5.74, 6) is -1.08. The van der Waals surface area contributed by atoms with Crippen LogP contribution >= 0.6 is 0 Å². The largest absolute Gasteiger partial charge is 0.420 e. The SMILES string of the molecule is CCc1ccc(NC(=O)C(C)n2c(=O)oc3cc(C(C)=O)ccc32)cc1. The summed E-state index contributed by atoms with van der Waals surface area (Å²) in [7, 11) is 0. The van der Waals surface area contributed by atoms with Gasteiger partial charge in [-0.15, -0.1) is 0 Å². The molecule has 2 aromatic carbocycles. The van der Waals surface area contributed by atoms with Crippen LogP contribution in [0.5, 0.6) is 0 Å². The number of aromatic nitrogens is 1. The number of hydrogen-bond donors (Lipinski definition) is 1. The predicted octanol–water partition coefficient (Wildman–Crippen LogP) is 3.56. The van der Waals surface area contributed by atoms with Gasteiger partial charge in [0.25, 0.3) is 0 Å². The molecule has 0 aliphatic rings. The lowest BCUT2D eigenvalue weighted by Gasteiger charge is -2.13. The molecule has 1 atom stereocenters. The van der Waals surface area contributed by atoms with Gasteiger partial charge in [0.1, 0.15) is 6.04 Å². The second-order valence-corrected chi connectivity index (χ2v) is 6.19. The summed E-state index contributed by atoms with van der Waals surface area (Å²) in [6.07, 6.45) is 0.920. The predicted molar refractivity (Wildman–Crippen MR) is 99.6 cm³/mol. The monoisotopic (exact) mass is 352 g/mol. The van der Waals surface area contributed by atoms with E-state index < -0.39 is 11.8 Å². The fourth-order valence-electron chi connectivity index (χ4n) is 2.81. The minimum atomic E-state index is -0.766. The average Bonchev–Trinajstić information content (AvgIpc) is 2.96. The van der Waals surface area contributed by atoms with Crippen LogP contribution < -0.4 is 11.1 Å². The maximum absolute atomic E-state index is 12.6. The number of carbonyl (C=O) groups is 2. The molecular formula is C20H20N2O4. The third-order valence-electron chi connectivity index (χ3n) is 4.42. The van der Waals surface area contributed by atoms with E-state index in [1.165, 1.54) is 23.1 Å². The molecule has 0 spiro atoms. The van der Waals surface area contributed by atoms with E-state index in [1.54, 1.807) is 19.1 Å². The Morgan fingerprint density at radius 1 is 1.15 bits per heavy atom. The number of carbonyl (C=O) groups excluding carboxylic acids is 2. The molecule has 26 heavy (non-hydrogen) atoms. The van der Waals surface area contributed by atoms with Crippen LogP contribution in [0.2, 0.25) is 0 Å². The number of fused-ring (bicyclic) bond motifs is 1. The molecule has 0 fully saturated rings. The second kappa shape index (κ2) is 7.00. The summed E-state index contributed by atoms with van der Waals surface area (Å²) in [6.45, 7) is 5.13. The van der Waals surface area contributed by atoms with E-state index in [0.29, 0.717) is 16.8 Å². The number of oxazole rings is 1. The Morgan fingerprint density at radius 2 is 1.85 bits per heavy atom. The highest BCUT2D eigenvalue weighted by molar-refractivity contribution is 5.97. The first-order chi connectivity index (χ1) is 12.4. The molecule has 1 aromatic heterocycles. The summed E-state index contributed by atoms with van der Waals surface area (Å²) >= 11 is 0. The molecule has 0 bridgehead atoms. The van der Waals surface area contributed by atoms with E-state index in [2.05, 4.69) is 12.2 Å². The average molecular weight is 352 g/mol. The molecule has 0 radical (unpaired) electrons. The normalized spacial score (nSPS) is 12.1. The van der Waals surface area contributed by atoms with Crippen molar-refractivity contribution in [2.24, 2.45) is 0 Å². The van der Waals surface area contributed by atoms with Crippen molar-refractivity contribution in [1.82, 2.24) is 4.57 Å². The Balaban J connectivity index is 1.89. The molecule has 6 nitrogen and oxygen atoms in total. The number of aryl methyl sites for hydroxylation is 1. The van der Waals surface area contributed by atoms with Crippen molar-refractivity contribution in [3.05, 3.63) is 64.1 Å². The standard InChI is InChI=1S/C20H20N2O4/c1-4-14-5-8-16(9-6-14)21-19(24)12(2)22-17-10-7-15(13(3)23)11-18(17)26-20(22)25/h5-12H,4H2,1-3H3,(H,21,24). The van der Waals surface area contributed by atoms with Gasteiger partial charge in [-0.3, -0.25) is 14.2 Å². The minimum absolute atomic E-state index is 0.122. The Morgan fingerprint density at radius 3 is 2.46 bits per heavy atom. The summed E-state index contributed by atoms with van der Waals surface area (Å²) in [5.41, 5.74) is 3.05. The van der Waals surface area contributed by atoms with E-state index in [-0.39, 0.29) is 17.3 Å². The molecule has 6 heteroatoms. The minimum Gasteiger partial charge on any atom is -0.408 e. The van der Waals surface area contributed by atoms with Gasteiger partial charge in [0.05, 0.1) is 5.52 Å². The van der Waals surface area contributed by atoms with Crippen molar-refractivity contribution >= 4 is 28.5 Å². The fraction of sp³-hybridized carbons (Fsp3) is 0.250. The lowest BCUT2D eigenvalue weighted by Crippen LogP contribution is -2.29. The van der Waals surface area contributed by atoms with Crippen molar-refractivity contribution in [3.63, 3.8) is 0 Å². The molecule has 1 N–H and O–H groups in total. The summed E-state index contributed by atoms with van der Waals surface area (Å²) in [5, 5.41) is 2.81. The quantitative estimate of drug-likeness (QED) is 0.712. The van der Waals surface area contributed by atoms with Gasteiger partial charge in [-0.2, -0.15) is 0 Å². The Hall–Kier alpha value is -3.15. The number of benzene rings is 2. The van der Waals surface area contributed by atoms with Crippen LogP contribution in [0.4, 0.5) is 5.69 Å². The van der Waals surface area contributed by atoms with Crippen LogP contribution in [0, 0.1) is 0 Å². The zero-order valence-electron chi connectivity index (χ0n) is 14.9. The molecule has 3 rings (SSSR count). The molecule has 0 saturated carbocycles. The molecule has 0 aliphatic carbocycles. The fourth-order valence-corrected chi connectivity index (χ4v) is 2.81. The van der Waals surface area contributed by atoms with E-state index in [4.69, 9.17) is 4.42 Å². The summed E-state index contributed by atoms with van der Waals surface area (Å²) < 4.78 is 6.50. The second-order valence-electron chi connectivity index (χ2n) is 6.19. The molecule has 1 unspecified atom stereocenters. The van der Waals surface area contributed by atoms with Gasteiger partial charge in [0, 0.05) is 11.3 Å². The number of anilines is 1. The molecule has 134 valence electrons. The van der Waals surface area contributed by atoms with Gasteiger partial charge >= 0.3 is 5.76 Å². The molecule has 0 saturated heterocycles. The van der Waals surface area contributed by atoms with Crippen molar-refractivity contribution in [1.29, 1.82) is 0 Å². The number of ketones is 1. The van der Waals surface area contributed by atoms with Gasteiger partial charge < -0.3 is 9.73 Å². The lowest BCUT2D eigenvalue weighted by atomic mass is 10.1. The maximum Gasteiger partial charge on any atom is 0.420 e. The maximum atomic E-state index is 12.6. The Bertz CT molecular complexity index is 1030. The van der Waals surface area contributed by atoms with Crippen molar-refractivity contribution in [3.8, 4) is 0 Å². The summed E-state index contributed by atoms with van der Waals surface area (Å²) in [4.78, 5) is 36.3. The first-order valence-corrected chi connectivity index (χ1v) is 8.46.